The number of nitrogens with one attached hydrogen (secondary N) is 2. The second-order valence-electron chi connectivity index (χ2n) is 6.28. The van der Waals surface area contributed by atoms with Crippen molar-refractivity contribution >= 4 is 23.2 Å². The van der Waals surface area contributed by atoms with E-state index < -0.39 is 0 Å². The summed E-state index contributed by atoms with van der Waals surface area (Å²) in [6.07, 6.45) is 2.25. The number of carbonyl (C=O) groups is 2. The lowest BCUT2D eigenvalue weighted by molar-refractivity contribution is 0.102. The zero-order chi connectivity index (χ0) is 20.6. The van der Waals surface area contributed by atoms with E-state index in [1.807, 2.05) is 50.2 Å². The molecule has 0 radical (unpaired) electrons. The number of para-hydroxylation sites is 3. The molecule has 2 amide bonds. The van der Waals surface area contributed by atoms with Crippen molar-refractivity contribution in [1.29, 1.82) is 0 Å². The summed E-state index contributed by atoms with van der Waals surface area (Å²) in [7, 11) is 0. The van der Waals surface area contributed by atoms with E-state index in [0.717, 1.165) is 17.7 Å². The summed E-state index contributed by atoms with van der Waals surface area (Å²) in [6, 6.07) is 17.8. The number of amides is 2. The van der Waals surface area contributed by atoms with Gasteiger partial charge in [-0.05, 0) is 49.2 Å². The Morgan fingerprint density at radius 1 is 0.897 bits per heavy atom. The van der Waals surface area contributed by atoms with Crippen molar-refractivity contribution in [3.8, 4) is 5.75 Å². The molecule has 0 fully saturated rings. The summed E-state index contributed by atoms with van der Waals surface area (Å²) in [5.74, 6) is -0.121. The molecular weight excluding hydrogens is 366 g/mol. The third-order valence-electron chi connectivity index (χ3n) is 4.34. The fourth-order valence-corrected chi connectivity index (χ4v) is 2.88. The Balaban J connectivity index is 1.77. The second-order valence-corrected chi connectivity index (χ2v) is 6.28. The van der Waals surface area contributed by atoms with Gasteiger partial charge in [0.2, 0.25) is 0 Å². The molecule has 0 saturated heterocycles. The largest absolute Gasteiger partial charge is 0.492 e. The van der Waals surface area contributed by atoms with Crippen LogP contribution in [-0.4, -0.2) is 23.4 Å². The molecule has 0 aliphatic heterocycles. The molecular formula is C23H23N3O3. The monoisotopic (exact) mass is 389 g/mol. The average Bonchev–Trinajstić information content (AvgIpc) is 2.75. The molecule has 3 rings (SSSR count). The molecule has 0 bridgehead atoms. The van der Waals surface area contributed by atoms with Crippen LogP contribution >= 0.6 is 0 Å². The molecule has 0 atom stereocenters. The predicted octanol–water partition coefficient (Wildman–Crippen LogP) is 4.55. The molecule has 0 saturated carbocycles. The highest BCUT2D eigenvalue weighted by Gasteiger charge is 2.14. The molecule has 148 valence electrons. The first-order valence-electron chi connectivity index (χ1n) is 9.50. The maximum absolute atomic E-state index is 12.7. The Bertz CT molecular complexity index is 1020. The molecule has 6 heteroatoms. The summed E-state index contributed by atoms with van der Waals surface area (Å²) < 4.78 is 5.53. The fraction of sp³-hybridized carbons (Fsp3) is 0.174. The Morgan fingerprint density at radius 2 is 1.59 bits per heavy atom. The van der Waals surface area contributed by atoms with Gasteiger partial charge in [-0.15, -0.1) is 0 Å². The molecule has 2 aromatic carbocycles. The predicted molar refractivity (Wildman–Crippen MR) is 114 cm³/mol. The van der Waals surface area contributed by atoms with Crippen molar-refractivity contribution in [2.24, 2.45) is 0 Å². The van der Waals surface area contributed by atoms with E-state index in [-0.39, 0.29) is 17.5 Å². The van der Waals surface area contributed by atoms with E-state index in [2.05, 4.69) is 15.6 Å². The summed E-state index contributed by atoms with van der Waals surface area (Å²) in [6.45, 7) is 4.39. The number of anilines is 2. The molecule has 0 spiro atoms. The van der Waals surface area contributed by atoms with Gasteiger partial charge < -0.3 is 15.4 Å². The van der Waals surface area contributed by atoms with Crippen molar-refractivity contribution in [1.82, 2.24) is 4.98 Å². The van der Waals surface area contributed by atoms with Gasteiger partial charge in [0.15, 0.2) is 0 Å². The Morgan fingerprint density at radius 3 is 2.34 bits per heavy atom. The van der Waals surface area contributed by atoms with Crippen LogP contribution in [0, 0.1) is 0 Å². The molecule has 6 nitrogen and oxygen atoms in total. The van der Waals surface area contributed by atoms with Crippen LogP contribution in [0.4, 0.5) is 11.4 Å². The number of rotatable bonds is 7. The molecule has 2 N–H and O–H groups in total. The van der Waals surface area contributed by atoms with Crippen LogP contribution in [0.1, 0.15) is 40.3 Å². The minimum atomic E-state index is -0.365. The molecule has 1 heterocycles. The SMILES string of the molecule is CCOc1ccccc1NC(=O)c1ccnc(C(=O)Nc2ccccc2CC)c1. The molecule has 0 aliphatic carbocycles. The molecule has 0 aliphatic rings. The number of ether oxygens (including phenoxy) is 1. The highest BCUT2D eigenvalue weighted by molar-refractivity contribution is 6.08. The number of nitrogens with zero attached hydrogens (tertiary/aromatic N) is 1. The summed E-state index contributed by atoms with van der Waals surface area (Å²) in [5, 5.41) is 5.69. The first-order valence-corrected chi connectivity index (χ1v) is 9.50. The van der Waals surface area contributed by atoms with E-state index >= 15 is 0 Å². The third kappa shape index (κ3) is 4.99. The quantitative estimate of drug-likeness (QED) is 0.621. The van der Waals surface area contributed by atoms with E-state index in [1.165, 1.54) is 12.3 Å². The maximum Gasteiger partial charge on any atom is 0.274 e. The van der Waals surface area contributed by atoms with Gasteiger partial charge in [0.1, 0.15) is 11.4 Å². The van der Waals surface area contributed by atoms with Crippen molar-refractivity contribution < 1.29 is 14.3 Å². The molecule has 29 heavy (non-hydrogen) atoms. The highest BCUT2D eigenvalue weighted by atomic mass is 16.5. The van der Waals surface area contributed by atoms with E-state index in [4.69, 9.17) is 4.74 Å². The van der Waals surface area contributed by atoms with Crippen molar-refractivity contribution in [2.45, 2.75) is 20.3 Å². The van der Waals surface area contributed by atoms with Crippen LogP contribution in [0.5, 0.6) is 5.75 Å². The smallest absolute Gasteiger partial charge is 0.274 e. The fourth-order valence-electron chi connectivity index (χ4n) is 2.88. The van der Waals surface area contributed by atoms with Gasteiger partial charge in [-0.3, -0.25) is 14.6 Å². The van der Waals surface area contributed by atoms with Crippen LogP contribution in [0.15, 0.2) is 66.9 Å². The van der Waals surface area contributed by atoms with Crippen molar-refractivity contribution in [2.75, 3.05) is 17.2 Å². The topological polar surface area (TPSA) is 80.3 Å². The lowest BCUT2D eigenvalue weighted by Gasteiger charge is -2.12. The lowest BCUT2D eigenvalue weighted by Crippen LogP contribution is -2.17. The first-order chi connectivity index (χ1) is 14.1. The normalized spacial score (nSPS) is 10.3. The number of aryl methyl sites for hydroxylation is 1. The Kier molecular flexibility index (Phi) is 6.58. The van der Waals surface area contributed by atoms with Gasteiger partial charge in [-0.25, -0.2) is 0 Å². The highest BCUT2D eigenvalue weighted by Crippen LogP contribution is 2.24. The van der Waals surface area contributed by atoms with E-state index in [0.29, 0.717) is 23.6 Å². The van der Waals surface area contributed by atoms with Crippen LogP contribution < -0.4 is 15.4 Å². The minimum absolute atomic E-state index is 0.168. The van der Waals surface area contributed by atoms with Crippen molar-refractivity contribution in [3.63, 3.8) is 0 Å². The number of aromatic nitrogens is 1. The van der Waals surface area contributed by atoms with Gasteiger partial charge >= 0.3 is 0 Å². The number of pyridine rings is 1. The van der Waals surface area contributed by atoms with E-state index in [1.54, 1.807) is 18.2 Å². The molecule has 1 aromatic heterocycles. The number of hydrogen-bond donors (Lipinski definition) is 2. The zero-order valence-electron chi connectivity index (χ0n) is 16.4. The van der Waals surface area contributed by atoms with Crippen LogP contribution in [0.25, 0.3) is 0 Å². The standard InChI is InChI=1S/C23H23N3O3/c1-3-16-9-5-6-10-18(16)25-23(28)20-15-17(13-14-24-20)22(27)26-19-11-7-8-12-21(19)29-4-2/h5-15H,3-4H2,1-2H3,(H,25,28)(H,26,27). The van der Waals surface area contributed by atoms with E-state index in [9.17, 15) is 9.59 Å². The summed E-state index contributed by atoms with van der Waals surface area (Å²) in [4.78, 5) is 29.4. The molecule has 0 unspecified atom stereocenters. The second kappa shape index (κ2) is 9.50. The van der Waals surface area contributed by atoms with Gasteiger partial charge in [0.05, 0.1) is 12.3 Å². The van der Waals surface area contributed by atoms with Gasteiger partial charge in [0, 0.05) is 17.4 Å². The third-order valence-corrected chi connectivity index (χ3v) is 4.34. The number of hydrogen-bond acceptors (Lipinski definition) is 4. The van der Waals surface area contributed by atoms with Crippen LogP contribution in [-0.2, 0) is 6.42 Å². The van der Waals surface area contributed by atoms with Crippen LogP contribution in [0.2, 0.25) is 0 Å². The van der Waals surface area contributed by atoms with Gasteiger partial charge in [-0.1, -0.05) is 37.3 Å². The zero-order valence-corrected chi connectivity index (χ0v) is 16.4. The number of carbonyl (C=O) groups excluding carboxylic acids is 2. The Hall–Kier alpha value is -3.67. The van der Waals surface area contributed by atoms with Crippen LogP contribution in [0.3, 0.4) is 0 Å². The number of benzene rings is 2. The summed E-state index contributed by atoms with van der Waals surface area (Å²) in [5.41, 5.74) is 2.84. The van der Waals surface area contributed by atoms with Gasteiger partial charge in [-0.2, -0.15) is 0 Å². The Labute approximate surface area is 169 Å². The first kappa shape index (κ1) is 20.1. The minimum Gasteiger partial charge on any atom is -0.492 e. The van der Waals surface area contributed by atoms with Gasteiger partial charge in [0.25, 0.3) is 11.8 Å². The average molecular weight is 389 g/mol. The molecule has 3 aromatic rings. The summed E-state index contributed by atoms with van der Waals surface area (Å²) >= 11 is 0. The van der Waals surface area contributed by atoms with Crippen molar-refractivity contribution in [3.05, 3.63) is 83.7 Å². The lowest BCUT2D eigenvalue weighted by atomic mass is 10.1. The maximum atomic E-state index is 12.7.